The van der Waals surface area contributed by atoms with E-state index in [1.165, 1.54) is 11.2 Å². The van der Waals surface area contributed by atoms with Gasteiger partial charge in [0.25, 0.3) is 0 Å². The quantitative estimate of drug-likeness (QED) is 0.788. The number of hydrogen-bond donors (Lipinski definition) is 1. The zero-order valence-corrected chi connectivity index (χ0v) is 11.3. The summed E-state index contributed by atoms with van der Waals surface area (Å²) in [7, 11) is -3.47. The second-order valence-electron chi connectivity index (χ2n) is 4.41. The third-order valence-electron chi connectivity index (χ3n) is 3.18. The molecule has 0 aromatic rings. The van der Waals surface area contributed by atoms with E-state index in [2.05, 4.69) is 5.32 Å². The lowest BCUT2D eigenvalue weighted by Crippen LogP contribution is -2.47. The van der Waals surface area contributed by atoms with Gasteiger partial charge in [0.1, 0.15) is 0 Å². The van der Waals surface area contributed by atoms with Crippen molar-refractivity contribution in [2.45, 2.75) is 44.4 Å². The Balaban J connectivity index is 2.68. The van der Waals surface area contributed by atoms with Crippen LogP contribution in [0.1, 0.15) is 33.1 Å². The summed E-state index contributed by atoms with van der Waals surface area (Å²) in [6, 6.07) is 2.03. The number of sulfonamides is 1. The molecule has 0 aromatic carbocycles. The van der Waals surface area contributed by atoms with Crippen LogP contribution in [-0.4, -0.2) is 43.6 Å². The molecule has 1 heterocycles. The highest BCUT2D eigenvalue weighted by atomic mass is 32.2. The normalized spacial score (nSPS) is 23.3. The van der Waals surface area contributed by atoms with E-state index in [4.69, 9.17) is 5.26 Å². The number of nitrogens with one attached hydrogen (secondary N) is 1. The topological polar surface area (TPSA) is 73.2 Å². The predicted octanol–water partition coefficient (Wildman–Crippen LogP) is 0.692. The first-order valence-electron chi connectivity index (χ1n) is 6.14. The van der Waals surface area contributed by atoms with Gasteiger partial charge in [-0.3, -0.25) is 0 Å². The van der Waals surface area contributed by atoms with Crippen LogP contribution in [0.3, 0.4) is 0 Å². The van der Waals surface area contributed by atoms with E-state index in [0.717, 1.165) is 25.8 Å². The average Bonchev–Trinajstić information content (AvgIpc) is 2.35. The fourth-order valence-electron chi connectivity index (χ4n) is 2.03. The van der Waals surface area contributed by atoms with E-state index < -0.39 is 15.3 Å². The van der Waals surface area contributed by atoms with Gasteiger partial charge in [-0.25, -0.2) is 8.42 Å². The van der Waals surface area contributed by atoms with Crippen molar-refractivity contribution in [3.8, 4) is 6.07 Å². The highest BCUT2D eigenvalue weighted by Gasteiger charge is 2.29. The molecular formula is C11H21N3O2S. The maximum Gasteiger partial charge on any atom is 0.230 e. The third-order valence-corrected chi connectivity index (χ3v) is 5.30. The fourth-order valence-corrected chi connectivity index (χ4v) is 3.36. The molecule has 0 aliphatic carbocycles. The number of likely N-dealkylation sites (N-methyl/N-ethyl adjacent to an activating group) is 1. The van der Waals surface area contributed by atoms with Gasteiger partial charge >= 0.3 is 0 Å². The van der Waals surface area contributed by atoms with E-state index in [9.17, 15) is 8.42 Å². The highest BCUT2D eigenvalue weighted by Crippen LogP contribution is 2.13. The summed E-state index contributed by atoms with van der Waals surface area (Å²) >= 11 is 0. The Morgan fingerprint density at radius 2 is 2.24 bits per heavy atom. The number of hydrogen-bond acceptors (Lipinski definition) is 4. The van der Waals surface area contributed by atoms with E-state index >= 15 is 0 Å². The molecule has 0 radical (unpaired) electrons. The smallest absolute Gasteiger partial charge is 0.230 e. The Bertz CT molecular complexity index is 369. The summed E-state index contributed by atoms with van der Waals surface area (Å²) in [5, 5.41) is 11.1. The van der Waals surface area contributed by atoms with Gasteiger partial charge in [0.2, 0.25) is 10.0 Å². The monoisotopic (exact) mass is 259 g/mol. The molecule has 1 aliphatic heterocycles. The molecule has 2 unspecified atom stereocenters. The van der Waals surface area contributed by atoms with E-state index in [-0.39, 0.29) is 6.04 Å². The molecule has 1 aliphatic rings. The number of rotatable bonds is 5. The Labute approximate surface area is 104 Å². The minimum atomic E-state index is -3.47. The summed E-state index contributed by atoms with van der Waals surface area (Å²) < 4.78 is 25.5. The van der Waals surface area contributed by atoms with E-state index in [1.807, 2.05) is 13.0 Å². The lowest BCUT2D eigenvalue weighted by Gasteiger charge is -2.29. The third kappa shape index (κ3) is 3.66. The molecule has 6 heteroatoms. The SMILES string of the molecule is CCN(CC1CCCCN1)S(=O)(=O)C(C)C#N. The molecule has 5 nitrogen and oxygen atoms in total. The van der Waals surface area contributed by atoms with Crippen LogP contribution in [0.4, 0.5) is 0 Å². The predicted molar refractivity (Wildman–Crippen MR) is 66.9 cm³/mol. The summed E-state index contributed by atoms with van der Waals surface area (Å²) in [5.41, 5.74) is 0. The number of nitrogens with zero attached hydrogens (tertiary/aromatic N) is 2. The van der Waals surface area contributed by atoms with Gasteiger partial charge in [0, 0.05) is 19.1 Å². The van der Waals surface area contributed by atoms with E-state index in [1.54, 1.807) is 0 Å². The summed E-state index contributed by atoms with van der Waals surface area (Å²) in [5.74, 6) is 0. The minimum Gasteiger partial charge on any atom is -0.313 e. The van der Waals surface area contributed by atoms with Gasteiger partial charge in [-0.15, -0.1) is 0 Å². The van der Waals surface area contributed by atoms with Crippen LogP contribution in [0.5, 0.6) is 0 Å². The summed E-state index contributed by atoms with van der Waals surface area (Å²) in [4.78, 5) is 0. The molecule has 0 amide bonds. The van der Waals surface area contributed by atoms with Crippen molar-refractivity contribution >= 4 is 10.0 Å². The van der Waals surface area contributed by atoms with Crippen LogP contribution in [0.2, 0.25) is 0 Å². The van der Waals surface area contributed by atoms with Gasteiger partial charge in [0.05, 0.1) is 6.07 Å². The fraction of sp³-hybridized carbons (Fsp3) is 0.909. The van der Waals surface area contributed by atoms with Gasteiger partial charge in [0.15, 0.2) is 5.25 Å². The maximum atomic E-state index is 12.0. The molecule has 0 aromatic heterocycles. The minimum absolute atomic E-state index is 0.226. The van der Waals surface area contributed by atoms with Crippen molar-refractivity contribution < 1.29 is 8.42 Å². The number of nitriles is 1. The second-order valence-corrected chi connectivity index (χ2v) is 6.67. The summed E-state index contributed by atoms with van der Waals surface area (Å²) in [6.07, 6.45) is 3.31. The molecule has 0 spiro atoms. The van der Waals surface area contributed by atoms with Crippen molar-refractivity contribution in [2.24, 2.45) is 0 Å². The van der Waals surface area contributed by atoms with Crippen LogP contribution < -0.4 is 5.32 Å². The lowest BCUT2D eigenvalue weighted by molar-refractivity contribution is 0.318. The van der Waals surface area contributed by atoms with Crippen LogP contribution in [-0.2, 0) is 10.0 Å². The van der Waals surface area contributed by atoms with Crippen molar-refractivity contribution in [3.05, 3.63) is 0 Å². The van der Waals surface area contributed by atoms with Crippen molar-refractivity contribution in [1.82, 2.24) is 9.62 Å². The highest BCUT2D eigenvalue weighted by molar-refractivity contribution is 7.89. The zero-order valence-electron chi connectivity index (χ0n) is 10.5. The van der Waals surface area contributed by atoms with Gasteiger partial charge < -0.3 is 5.32 Å². The summed E-state index contributed by atoms with van der Waals surface area (Å²) in [6.45, 7) is 5.10. The zero-order chi connectivity index (χ0) is 12.9. The molecule has 98 valence electrons. The average molecular weight is 259 g/mol. The molecule has 17 heavy (non-hydrogen) atoms. The van der Waals surface area contributed by atoms with Crippen LogP contribution in [0.25, 0.3) is 0 Å². The van der Waals surface area contributed by atoms with E-state index in [0.29, 0.717) is 13.1 Å². The van der Waals surface area contributed by atoms with Crippen molar-refractivity contribution in [1.29, 1.82) is 5.26 Å². The molecule has 0 bridgehead atoms. The molecule has 0 saturated carbocycles. The first-order chi connectivity index (χ1) is 8.02. The Morgan fingerprint density at radius 1 is 1.53 bits per heavy atom. The Morgan fingerprint density at radius 3 is 2.71 bits per heavy atom. The molecule has 1 saturated heterocycles. The molecular weight excluding hydrogens is 238 g/mol. The number of piperidine rings is 1. The van der Waals surface area contributed by atoms with Crippen LogP contribution in [0, 0.1) is 11.3 Å². The molecule has 1 N–H and O–H groups in total. The van der Waals surface area contributed by atoms with Gasteiger partial charge in [-0.05, 0) is 26.3 Å². The largest absolute Gasteiger partial charge is 0.313 e. The molecule has 2 atom stereocenters. The van der Waals surface area contributed by atoms with Crippen molar-refractivity contribution in [3.63, 3.8) is 0 Å². The standard InChI is InChI=1S/C11H21N3O2S/c1-3-14(17(15,16)10(2)8-12)9-11-6-4-5-7-13-11/h10-11,13H,3-7,9H2,1-2H3. The lowest BCUT2D eigenvalue weighted by atomic mass is 10.1. The Hall–Kier alpha value is -0.640. The van der Waals surface area contributed by atoms with Crippen molar-refractivity contribution in [2.75, 3.05) is 19.6 Å². The van der Waals surface area contributed by atoms with Gasteiger partial charge in [-0.1, -0.05) is 13.3 Å². The second kappa shape index (κ2) is 6.34. The Kier molecular flexibility index (Phi) is 5.37. The van der Waals surface area contributed by atoms with Crippen LogP contribution >= 0.6 is 0 Å². The van der Waals surface area contributed by atoms with Gasteiger partial charge in [-0.2, -0.15) is 9.57 Å². The first kappa shape index (κ1) is 14.4. The van der Waals surface area contributed by atoms with Crippen LogP contribution in [0.15, 0.2) is 0 Å². The molecule has 1 fully saturated rings. The molecule has 1 rings (SSSR count). The first-order valence-corrected chi connectivity index (χ1v) is 7.64. The maximum absolute atomic E-state index is 12.0.